The van der Waals surface area contributed by atoms with Crippen LogP contribution in [0.2, 0.25) is 5.02 Å². The Labute approximate surface area is 241 Å². The third-order valence-corrected chi connectivity index (χ3v) is 6.95. The van der Waals surface area contributed by atoms with Crippen LogP contribution in [0.4, 0.5) is 11.4 Å². The fourth-order valence-corrected chi connectivity index (χ4v) is 4.76. The molecule has 0 saturated carbocycles. The van der Waals surface area contributed by atoms with Gasteiger partial charge in [-0.1, -0.05) is 30.3 Å². The van der Waals surface area contributed by atoms with Crippen molar-refractivity contribution in [1.29, 1.82) is 0 Å². The average molecular weight is 579 g/mol. The predicted molar refractivity (Wildman–Crippen MR) is 154 cm³/mol. The monoisotopic (exact) mass is 578 g/mol. The summed E-state index contributed by atoms with van der Waals surface area (Å²) in [5.74, 6) is -2.02. The number of benzene rings is 3. The fraction of sp³-hybridized carbons (Fsp3) is 0.200. The van der Waals surface area contributed by atoms with Gasteiger partial charge in [0.05, 0.1) is 29.5 Å². The number of nitrogens with zero attached hydrogens (tertiary/aromatic N) is 1. The maximum Gasteiger partial charge on any atom is 0.338 e. The molecule has 0 unspecified atom stereocenters. The molecule has 1 aliphatic heterocycles. The van der Waals surface area contributed by atoms with Gasteiger partial charge in [0, 0.05) is 15.6 Å². The van der Waals surface area contributed by atoms with Crippen molar-refractivity contribution in [3.8, 4) is 0 Å². The van der Waals surface area contributed by atoms with Crippen LogP contribution in [-0.4, -0.2) is 36.5 Å². The summed E-state index contributed by atoms with van der Waals surface area (Å²) in [4.78, 5) is 53.6. The molecule has 0 spiro atoms. The highest BCUT2D eigenvalue weighted by molar-refractivity contribution is 8.04. The predicted octanol–water partition coefficient (Wildman–Crippen LogP) is 6.46. The van der Waals surface area contributed by atoms with E-state index in [1.807, 2.05) is 6.92 Å². The van der Waals surface area contributed by atoms with Gasteiger partial charge in [-0.3, -0.25) is 9.59 Å². The number of esters is 2. The minimum absolute atomic E-state index is 0.0777. The van der Waals surface area contributed by atoms with E-state index in [-0.39, 0.29) is 16.7 Å². The number of amides is 2. The van der Waals surface area contributed by atoms with Crippen molar-refractivity contribution in [3.05, 3.63) is 99.5 Å². The Morgan fingerprint density at radius 2 is 1.48 bits per heavy atom. The zero-order chi connectivity index (χ0) is 28.8. The number of thioether (sulfide) groups is 1. The number of hydrogen-bond donors (Lipinski definition) is 1. The number of hydrogen-bond acceptors (Lipinski definition) is 8. The molecule has 0 bridgehead atoms. The minimum atomic E-state index is -0.564. The number of imide groups is 1. The lowest BCUT2D eigenvalue weighted by Gasteiger charge is -2.16. The van der Waals surface area contributed by atoms with E-state index in [4.69, 9.17) is 21.1 Å². The van der Waals surface area contributed by atoms with Gasteiger partial charge in [-0.25, -0.2) is 14.5 Å². The van der Waals surface area contributed by atoms with Gasteiger partial charge in [0.15, 0.2) is 0 Å². The third kappa shape index (κ3) is 6.73. The van der Waals surface area contributed by atoms with Crippen LogP contribution in [0.5, 0.6) is 0 Å². The van der Waals surface area contributed by atoms with Crippen LogP contribution in [0.15, 0.2) is 88.3 Å². The maximum atomic E-state index is 13.6. The molecule has 0 aliphatic carbocycles. The van der Waals surface area contributed by atoms with Gasteiger partial charge in [-0.05, 0) is 93.1 Å². The fourth-order valence-electron chi connectivity index (χ4n) is 3.71. The molecular formula is C30H27ClN2O6S. The molecule has 8 nitrogen and oxygen atoms in total. The van der Waals surface area contributed by atoms with Crippen molar-refractivity contribution < 1.29 is 28.7 Å². The number of rotatable bonds is 10. The van der Waals surface area contributed by atoms with E-state index >= 15 is 0 Å². The van der Waals surface area contributed by atoms with E-state index in [2.05, 4.69) is 5.32 Å². The topological polar surface area (TPSA) is 102 Å². The van der Waals surface area contributed by atoms with Gasteiger partial charge in [0.25, 0.3) is 11.8 Å². The number of carbonyl (C=O) groups excluding carboxylic acids is 4. The van der Waals surface area contributed by atoms with Crippen LogP contribution in [0.3, 0.4) is 0 Å². The van der Waals surface area contributed by atoms with Gasteiger partial charge in [-0.2, -0.15) is 0 Å². The van der Waals surface area contributed by atoms with E-state index in [1.165, 1.54) is 24.3 Å². The summed E-state index contributed by atoms with van der Waals surface area (Å²) in [5, 5.41) is 3.60. The van der Waals surface area contributed by atoms with E-state index in [0.717, 1.165) is 16.7 Å². The lowest BCUT2D eigenvalue weighted by Crippen LogP contribution is -2.32. The van der Waals surface area contributed by atoms with Crippen molar-refractivity contribution in [1.82, 2.24) is 0 Å². The summed E-state index contributed by atoms with van der Waals surface area (Å²) < 4.78 is 10.4. The van der Waals surface area contributed by atoms with Crippen LogP contribution in [0.1, 0.15) is 47.9 Å². The normalized spacial score (nSPS) is 13.2. The van der Waals surface area contributed by atoms with Crippen molar-refractivity contribution in [2.24, 2.45) is 0 Å². The van der Waals surface area contributed by atoms with Gasteiger partial charge in [0.1, 0.15) is 10.6 Å². The second-order valence-corrected chi connectivity index (χ2v) is 10.6. The molecule has 0 saturated heterocycles. The molecule has 0 aromatic heterocycles. The first-order chi connectivity index (χ1) is 19.2. The Morgan fingerprint density at radius 3 is 2.08 bits per heavy atom. The lowest BCUT2D eigenvalue weighted by molar-refractivity contribution is -0.120. The highest BCUT2D eigenvalue weighted by atomic mass is 35.5. The van der Waals surface area contributed by atoms with E-state index < -0.39 is 23.8 Å². The highest BCUT2D eigenvalue weighted by Gasteiger charge is 2.40. The molecule has 1 N–H and O–H groups in total. The minimum Gasteiger partial charge on any atom is -0.462 e. The zero-order valence-electron chi connectivity index (χ0n) is 22.1. The number of ether oxygens (including phenoxy) is 2. The highest BCUT2D eigenvalue weighted by Crippen LogP contribution is 2.38. The Bertz CT molecular complexity index is 1450. The van der Waals surface area contributed by atoms with Crippen LogP contribution in [0, 0.1) is 0 Å². The van der Waals surface area contributed by atoms with Crippen molar-refractivity contribution in [2.75, 3.05) is 16.8 Å². The van der Waals surface area contributed by atoms with Crippen LogP contribution in [-0.2, 0) is 19.1 Å². The Hall–Kier alpha value is -4.08. The molecule has 0 atom stereocenters. The molecule has 0 fully saturated rings. The standard InChI is InChI=1S/C30H27ClN2O6S/c1-4-17-38-29(36)19-7-13-23(14-8-19)33-27(34)25(26(28(33)35)40-24-15-9-21(31)10-16-24)32-22-11-5-20(6-12-22)30(37)39-18(2)3/h5-16,18,32H,4,17H2,1-3H3. The molecule has 2 amide bonds. The first-order valence-corrected chi connectivity index (χ1v) is 13.8. The molecule has 40 heavy (non-hydrogen) atoms. The smallest absolute Gasteiger partial charge is 0.338 e. The number of nitrogens with one attached hydrogen (secondary N) is 1. The molecule has 206 valence electrons. The van der Waals surface area contributed by atoms with Crippen LogP contribution in [0.25, 0.3) is 0 Å². The van der Waals surface area contributed by atoms with Crippen molar-refractivity contribution in [2.45, 2.75) is 38.2 Å². The molecule has 1 heterocycles. The zero-order valence-corrected chi connectivity index (χ0v) is 23.7. The van der Waals surface area contributed by atoms with Crippen LogP contribution < -0.4 is 10.2 Å². The Kier molecular flexibility index (Phi) is 9.29. The van der Waals surface area contributed by atoms with Gasteiger partial charge in [0.2, 0.25) is 0 Å². The molecule has 3 aromatic rings. The Balaban J connectivity index is 1.63. The van der Waals surface area contributed by atoms with E-state index in [9.17, 15) is 19.2 Å². The average Bonchev–Trinajstić information content (AvgIpc) is 3.16. The molecule has 1 aliphatic rings. The van der Waals surface area contributed by atoms with Crippen molar-refractivity contribution in [3.63, 3.8) is 0 Å². The first kappa shape index (κ1) is 28.9. The number of carbonyl (C=O) groups is 4. The quantitative estimate of drug-likeness (QED) is 0.216. The molecule has 10 heteroatoms. The summed E-state index contributed by atoms with van der Waals surface area (Å²) in [5.41, 5.74) is 1.56. The van der Waals surface area contributed by atoms with Gasteiger partial charge >= 0.3 is 11.9 Å². The second-order valence-electron chi connectivity index (χ2n) is 9.05. The molecular weight excluding hydrogens is 552 g/mol. The van der Waals surface area contributed by atoms with E-state index in [1.54, 1.807) is 62.4 Å². The van der Waals surface area contributed by atoms with E-state index in [0.29, 0.717) is 45.4 Å². The second kappa shape index (κ2) is 12.8. The Morgan fingerprint density at radius 1 is 0.875 bits per heavy atom. The summed E-state index contributed by atoms with van der Waals surface area (Å²) in [6.07, 6.45) is 0.438. The lowest BCUT2D eigenvalue weighted by atomic mass is 10.2. The summed E-state index contributed by atoms with van der Waals surface area (Å²) in [6.45, 7) is 5.72. The van der Waals surface area contributed by atoms with Gasteiger partial charge in [-0.15, -0.1) is 0 Å². The third-order valence-electron chi connectivity index (χ3n) is 5.61. The summed E-state index contributed by atoms with van der Waals surface area (Å²) >= 11 is 7.14. The molecule has 4 rings (SSSR count). The summed E-state index contributed by atoms with van der Waals surface area (Å²) in [7, 11) is 0. The SMILES string of the molecule is CCCOC(=O)c1ccc(N2C(=O)C(Nc3ccc(C(=O)OC(C)C)cc3)=C(Sc3ccc(Cl)cc3)C2=O)cc1. The summed E-state index contributed by atoms with van der Waals surface area (Å²) in [6, 6.07) is 19.4. The van der Waals surface area contributed by atoms with Crippen molar-refractivity contribution >= 4 is 58.5 Å². The molecule has 3 aromatic carbocycles. The number of anilines is 2. The number of halogens is 1. The first-order valence-electron chi connectivity index (χ1n) is 12.6. The largest absolute Gasteiger partial charge is 0.462 e. The van der Waals surface area contributed by atoms with Gasteiger partial charge < -0.3 is 14.8 Å². The van der Waals surface area contributed by atoms with Crippen LogP contribution >= 0.6 is 23.4 Å². The molecule has 0 radical (unpaired) electrons. The maximum absolute atomic E-state index is 13.6.